The minimum Gasteiger partial charge on any atom is -0.343 e. The molecule has 4 nitrogen and oxygen atoms in total. The number of hydrogen-bond acceptors (Lipinski definition) is 2. The monoisotopic (exact) mass is 274 g/mol. The summed E-state index contributed by atoms with van der Waals surface area (Å²) in [6.45, 7) is 7.87. The minimum atomic E-state index is -0.467. The fraction of sp³-hybridized carbons (Fsp3) is 0.500. The van der Waals surface area contributed by atoms with Crippen LogP contribution in [0.15, 0.2) is 24.3 Å². The van der Waals surface area contributed by atoms with Gasteiger partial charge >= 0.3 is 0 Å². The minimum absolute atomic E-state index is 0.0206. The zero-order valence-electron chi connectivity index (χ0n) is 12.5. The lowest BCUT2D eigenvalue weighted by molar-refractivity contribution is -0.133. The van der Waals surface area contributed by atoms with Crippen LogP contribution in [0.1, 0.15) is 45.6 Å². The van der Waals surface area contributed by atoms with Gasteiger partial charge in [0.2, 0.25) is 11.8 Å². The molecule has 1 aromatic rings. The fourth-order valence-corrected chi connectivity index (χ4v) is 2.63. The van der Waals surface area contributed by atoms with Crippen LogP contribution in [0.25, 0.3) is 0 Å². The predicted octanol–water partition coefficient (Wildman–Crippen LogP) is 2.44. The average molecular weight is 274 g/mol. The van der Waals surface area contributed by atoms with Crippen molar-refractivity contribution in [3.63, 3.8) is 0 Å². The third kappa shape index (κ3) is 2.42. The molecule has 2 amide bonds. The van der Waals surface area contributed by atoms with E-state index in [0.29, 0.717) is 12.3 Å². The Kier molecular flexibility index (Phi) is 4.12. The maximum atomic E-state index is 12.6. The standard InChI is InChI=1S/C16H22N2O2/c1-5-13-16(20)18(11(4)15(19)17-13)14-9-7-6-8-12(14)10(2)3/h6-11,13H,5H2,1-4H3,(H,17,19). The van der Waals surface area contributed by atoms with E-state index < -0.39 is 12.1 Å². The van der Waals surface area contributed by atoms with Crippen molar-refractivity contribution in [2.24, 2.45) is 0 Å². The van der Waals surface area contributed by atoms with Crippen molar-refractivity contribution in [1.82, 2.24) is 5.32 Å². The smallest absolute Gasteiger partial charge is 0.250 e. The molecule has 0 saturated carbocycles. The summed E-state index contributed by atoms with van der Waals surface area (Å²) in [4.78, 5) is 26.3. The molecule has 20 heavy (non-hydrogen) atoms. The van der Waals surface area contributed by atoms with Gasteiger partial charge in [0, 0.05) is 5.69 Å². The molecular weight excluding hydrogens is 252 g/mol. The lowest BCUT2D eigenvalue weighted by Crippen LogP contribution is -2.62. The summed E-state index contributed by atoms with van der Waals surface area (Å²) in [5.74, 6) is 0.193. The summed E-state index contributed by atoms with van der Waals surface area (Å²) in [6, 6.07) is 6.94. The van der Waals surface area contributed by atoms with Crippen LogP contribution in [0.5, 0.6) is 0 Å². The number of carbonyl (C=O) groups excluding carboxylic acids is 2. The molecule has 2 unspecified atom stereocenters. The molecule has 0 spiro atoms. The van der Waals surface area contributed by atoms with Gasteiger partial charge in [0.1, 0.15) is 12.1 Å². The van der Waals surface area contributed by atoms with Gasteiger partial charge in [-0.3, -0.25) is 14.5 Å². The molecular formula is C16H22N2O2. The van der Waals surface area contributed by atoms with Gasteiger partial charge in [-0.25, -0.2) is 0 Å². The zero-order chi connectivity index (χ0) is 14.9. The summed E-state index contributed by atoms with van der Waals surface area (Å²) < 4.78 is 0. The largest absolute Gasteiger partial charge is 0.343 e. The normalized spacial score (nSPS) is 23.1. The third-order valence-corrected chi connectivity index (χ3v) is 3.85. The molecule has 1 aliphatic rings. The van der Waals surface area contributed by atoms with Gasteiger partial charge in [0.25, 0.3) is 0 Å². The van der Waals surface area contributed by atoms with E-state index in [2.05, 4.69) is 19.2 Å². The number of hydrogen-bond donors (Lipinski definition) is 1. The molecule has 1 N–H and O–H groups in total. The quantitative estimate of drug-likeness (QED) is 0.920. The second kappa shape index (κ2) is 5.65. The van der Waals surface area contributed by atoms with E-state index in [0.717, 1.165) is 11.3 Å². The third-order valence-electron chi connectivity index (χ3n) is 3.85. The van der Waals surface area contributed by atoms with Crippen LogP contribution in [-0.2, 0) is 9.59 Å². The van der Waals surface area contributed by atoms with Crippen LogP contribution < -0.4 is 10.2 Å². The highest BCUT2D eigenvalue weighted by Gasteiger charge is 2.38. The van der Waals surface area contributed by atoms with E-state index in [1.165, 1.54) is 0 Å². The Bertz CT molecular complexity index is 525. The number of benzene rings is 1. The van der Waals surface area contributed by atoms with Gasteiger partial charge in [-0.1, -0.05) is 39.0 Å². The molecule has 2 atom stereocenters. The number of anilines is 1. The van der Waals surface area contributed by atoms with E-state index in [4.69, 9.17) is 0 Å². The Morgan fingerprint density at radius 3 is 2.50 bits per heavy atom. The molecule has 1 fully saturated rings. The van der Waals surface area contributed by atoms with Crippen LogP contribution in [0.4, 0.5) is 5.69 Å². The van der Waals surface area contributed by atoms with E-state index >= 15 is 0 Å². The molecule has 1 saturated heterocycles. The van der Waals surface area contributed by atoms with Crippen LogP contribution in [0, 0.1) is 0 Å². The van der Waals surface area contributed by atoms with Crippen LogP contribution in [-0.4, -0.2) is 23.9 Å². The molecule has 0 aliphatic carbocycles. The van der Waals surface area contributed by atoms with Gasteiger partial charge in [0.15, 0.2) is 0 Å². The highest BCUT2D eigenvalue weighted by Crippen LogP contribution is 2.30. The van der Waals surface area contributed by atoms with Crippen molar-refractivity contribution >= 4 is 17.5 Å². The van der Waals surface area contributed by atoms with Crippen molar-refractivity contribution in [2.75, 3.05) is 4.90 Å². The second-order valence-electron chi connectivity index (χ2n) is 5.57. The number of amides is 2. The molecule has 0 bridgehead atoms. The Morgan fingerprint density at radius 1 is 1.25 bits per heavy atom. The second-order valence-corrected chi connectivity index (χ2v) is 5.57. The summed E-state index contributed by atoms with van der Waals surface area (Å²) in [7, 11) is 0. The van der Waals surface area contributed by atoms with Gasteiger partial charge in [0.05, 0.1) is 0 Å². The first-order valence-corrected chi connectivity index (χ1v) is 7.19. The number of nitrogens with zero attached hydrogens (tertiary/aromatic N) is 1. The highest BCUT2D eigenvalue weighted by molar-refractivity contribution is 6.08. The fourth-order valence-electron chi connectivity index (χ4n) is 2.63. The van der Waals surface area contributed by atoms with Crippen LogP contribution >= 0.6 is 0 Å². The number of para-hydroxylation sites is 1. The Balaban J connectivity index is 2.48. The summed E-state index contributed by atoms with van der Waals surface area (Å²) in [6.07, 6.45) is 0.609. The highest BCUT2D eigenvalue weighted by atomic mass is 16.2. The molecule has 1 aromatic carbocycles. The number of piperazine rings is 1. The van der Waals surface area contributed by atoms with E-state index in [9.17, 15) is 9.59 Å². The first kappa shape index (κ1) is 14.6. The molecule has 4 heteroatoms. The Labute approximate surface area is 120 Å². The first-order chi connectivity index (χ1) is 9.47. The molecule has 1 aliphatic heterocycles. The Hall–Kier alpha value is -1.84. The topological polar surface area (TPSA) is 49.4 Å². The molecule has 0 aromatic heterocycles. The number of carbonyl (C=O) groups is 2. The molecule has 1 heterocycles. The van der Waals surface area contributed by atoms with Gasteiger partial charge in [-0.05, 0) is 30.9 Å². The lowest BCUT2D eigenvalue weighted by Gasteiger charge is -2.38. The first-order valence-electron chi connectivity index (χ1n) is 7.19. The van der Waals surface area contributed by atoms with Crippen LogP contribution in [0.3, 0.4) is 0 Å². The maximum Gasteiger partial charge on any atom is 0.250 e. The van der Waals surface area contributed by atoms with Gasteiger partial charge in [-0.15, -0.1) is 0 Å². The number of nitrogens with one attached hydrogen (secondary N) is 1. The lowest BCUT2D eigenvalue weighted by atomic mass is 9.97. The van der Waals surface area contributed by atoms with Crippen molar-refractivity contribution in [1.29, 1.82) is 0 Å². The van der Waals surface area contributed by atoms with E-state index in [-0.39, 0.29) is 11.8 Å². The summed E-state index contributed by atoms with van der Waals surface area (Å²) in [5, 5.41) is 2.78. The maximum absolute atomic E-state index is 12.6. The van der Waals surface area contributed by atoms with Crippen molar-refractivity contribution in [2.45, 2.75) is 52.1 Å². The van der Waals surface area contributed by atoms with Crippen molar-refractivity contribution in [3.05, 3.63) is 29.8 Å². The molecule has 2 rings (SSSR count). The predicted molar refractivity (Wildman–Crippen MR) is 79.7 cm³/mol. The SMILES string of the molecule is CCC1NC(=O)C(C)N(c2ccccc2C(C)C)C1=O. The zero-order valence-corrected chi connectivity index (χ0v) is 12.5. The van der Waals surface area contributed by atoms with Crippen LogP contribution in [0.2, 0.25) is 0 Å². The van der Waals surface area contributed by atoms with E-state index in [1.807, 2.05) is 31.2 Å². The molecule has 0 radical (unpaired) electrons. The summed E-state index contributed by atoms with van der Waals surface area (Å²) in [5.41, 5.74) is 1.95. The van der Waals surface area contributed by atoms with Crippen molar-refractivity contribution in [3.8, 4) is 0 Å². The van der Waals surface area contributed by atoms with Gasteiger partial charge < -0.3 is 5.32 Å². The Morgan fingerprint density at radius 2 is 1.90 bits per heavy atom. The average Bonchev–Trinajstić information content (AvgIpc) is 2.43. The molecule has 108 valence electrons. The van der Waals surface area contributed by atoms with Crippen molar-refractivity contribution < 1.29 is 9.59 Å². The number of rotatable bonds is 3. The summed E-state index contributed by atoms with van der Waals surface area (Å²) >= 11 is 0. The van der Waals surface area contributed by atoms with Gasteiger partial charge in [-0.2, -0.15) is 0 Å². The van der Waals surface area contributed by atoms with E-state index in [1.54, 1.807) is 11.8 Å².